The Hall–Kier alpha value is -1.40. The fourth-order valence-corrected chi connectivity index (χ4v) is 3.67. The van der Waals surface area contributed by atoms with Crippen LogP contribution >= 0.6 is 11.3 Å². The minimum atomic E-state index is 0.211. The lowest BCUT2D eigenvalue weighted by atomic mass is 10.3. The molecule has 3 rings (SSSR count). The molecule has 3 heterocycles. The van der Waals surface area contributed by atoms with Crippen molar-refractivity contribution in [2.75, 3.05) is 19.6 Å². The Labute approximate surface area is 122 Å². The molecule has 2 aromatic rings. The molecule has 1 amide bonds. The molecule has 108 valence electrons. The molecular formula is C14H20N4OS. The highest BCUT2D eigenvalue weighted by molar-refractivity contribution is 7.15. The van der Waals surface area contributed by atoms with Crippen LogP contribution in [0.4, 0.5) is 0 Å². The van der Waals surface area contributed by atoms with Gasteiger partial charge in [0.05, 0.1) is 17.9 Å². The number of carbonyl (C=O) groups is 1. The smallest absolute Gasteiger partial charge is 0.236 e. The number of amides is 1. The Bertz CT molecular complexity index is 624. The number of rotatable bonds is 4. The highest BCUT2D eigenvalue weighted by atomic mass is 32.1. The third-order valence-corrected chi connectivity index (χ3v) is 4.80. The minimum absolute atomic E-state index is 0.211. The summed E-state index contributed by atoms with van der Waals surface area (Å²) in [6, 6.07) is 0. The molecule has 6 heteroatoms. The summed E-state index contributed by atoms with van der Waals surface area (Å²) in [5.74, 6) is 0.211. The first-order valence-corrected chi connectivity index (χ1v) is 7.95. The fraction of sp³-hybridized carbons (Fsp3) is 0.571. The lowest BCUT2D eigenvalue weighted by molar-refractivity contribution is -0.129. The maximum Gasteiger partial charge on any atom is 0.236 e. The summed E-state index contributed by atoms with van der Waals surface area (Å²) in [5, 5.41) is 5.38. The molecule has 20 heavy (non-hydrogen) atoms. The molecule has 1 N–H and O–H groups in total. The topological polar surface area (TPSA) is 49.6 Å². The zero-order valence-corrected chi connectivity index (χ0v) is 12.8. The van der Waals surface area contributed by atoms with Crippen LogP contribution in [0.3, 0.4) is 0 Å². The maximum absolute atomic E-state index is 12.0. The summed E-state index contributed by atoms with van der Waals surface area (Å²) in [7, 11) is 0. The largest absolute Gasteiger partial charge is 0.342 e. The highest BCUT2D eigenvalue weighted by Crippen LogP contribution is 2.20. The van der Waals surface area contributed by atoms with E-state index in [1.165, 1.54) is 5.69 Å². The third kappa shape index (κ3) is 2.45. The molecule has 0 unspecified atom stereocenters. The van der Waals surface area contributed by atoms with Crippen molar-refractivity contribution < 1.29 is 4.79 Å². The van der Waals surface area contributed by atoms with Gasteiger partial charge >= 0.3 is 0 Å². The van der Waals surface area contributed by atoms with E-state index < -0.39 is 0 Å². The Kier molecular flexibility index (Phi) is 3.76. The van der Waals surface area contributed by atoms with Crippen molar-refractivity contribution in [1.29, 1.82) is 0 Å². The van der Waals surface area contributed by atoms with Gasteiger partial charge in [-0.1, -0.05) is 0 Å². The molecule has 1 aliphatic rings. The predicted octanol–water partition coefficient (Wildman–Crippen LogP) is 1.72. The first-order chi connectivity index (χ1) is 9.66. The zero-order valence-electron chi connectivity index (χ0n) is 12.0. The molecule has 0 atom stereocenters. The second-order valence-electron chi connectivity index (χ2n) is 5.33. The highest BCUT2D eigenvalue weighted by Gasteiger charge is 2.18. The van der Waals surface area contributed by atoms with E-state index in [0.29, 0.717) is 13.1 Å². The summed E-state index contributed by atoms with van der Waals surface area (Å²) in [5.41, 5.74) is 3.40. The standard InChI is InChI=1S/C14H20N4OS/c1-10-9-20-14-16-11(2)12(18(10)14)7-15-8-13(19)17-5-3-4-6-17/h9,15H,3-8H2,1-2H3. The van der Waals surface area contributed by atoms with Gasteiger partial charge in [-0.05, 0) is 26.7 Å². The van der Waals surface area contributed by atoms with Crippen molar-refractivity contribution >= 4 is 22.2 Å². The van der Waals surface area contributed by atoms with Crippen LogP contribution in [0.5, 0.6) is 0 Å². The van der Waals surface area contributed by atoms with Crippen LogP contribution in [0.1, 0.15) is 29.9 Å². The van der Waals surface area contributed by atoms with Gasteiger partial charge in [-0.2, -0.15) is 0 Å². The number of likely N-dealkylation sites (tertiary alicyclic amines) is 1. The molecule has 0 aromatic carbocycles. The van der Waals surface area contributed by atoms with Gasteiger partial charge < -0.3 is 10.2 Å². The van der Waals surface area contributed by atoms with Crippen LogP contribution in [-0.4, -0.2) is 39.8 Å². The fourth-order valence-electron chi connectivity index (χ4n) is 2.74. The van der Waals surface area contributed by atoms with Gasteiger partial charge in [-0.3, -0.25) is 9.20 Å². The van der Waals surface area contributed by atoms with E-state index in [-0.39, 0.29) is 5.91 Å². The number of hydrogen-bond acceptors (Lipinski definition) is 4. The van der Waals surface area contributed by atoms with Gasteiger partial charge in [0, 0.05) is 30.7 Å². The van der Waals surface area contributed by atoms with E-state index in [2.05, 4.69) is 27.0 Å². The monoisotopic (exact) mass is 292 g/mol. The predicted molar refractivity (Wildman–Crippen MR) is 80.1 cm³/mol. The van der Waals surface area contributed by atoms with E-state index in [1.54, 1.807) is 11.3 Å². The summed E-state index contributed by atoms with van der Waals surface area (Å²) in [6.07, 6.45) is 2.28. The van der Waals surface area contributed by atoms with Gasteiger partial charge in [0.2, 0.25) is 5.91 Å². The second kappa shape index (κ2) is 5.54. The van der Waals surface area contributed by atoms with Crippen molar-refractivity contribution in [1.82, 2.24) is 19.6 Å². The maximum atomic E-state index is 12.0. The lowest BCUT2D eigenvalue weighted by Crippen LogP contribution is -2.36. The van der Waals surface area contributed by atoms with Gasteiger partial charge in [0.1, 0.15) is 0 Å². The molecular weight excluding hydrogens is 272 g/mol. The van der Waals surface area contributed by atoms with E-state index in [1.807, 2.05) is 11.8 Å². The number of aromatic nitrogens is 2. The zero-order chi connectivity index (χ0) is 14.1. The Balaban J connectivity index is 1.63. The molecule has 0 spiro atoms. The van der Waals surface area contributed by atoms with E-state index in [0.717, 1.165) is 42.3 Å². The molecule has 1 aliphatic heterocycles. The molecule has 0 bridgehead atoms. The summed E-state index contributed by atoms with van der Waals surface area (Å²) < 4.78 is 2.17. The van der Waals surface area contributed by atoms with Crippen molar-refractivity contribution in [3.63, 3.8) is 0 Å². The molecule has 1 saturated heterocycles. The van der Waals surface area contributed by atoms with Crippen molar-refractivity contribution in [3.8, 4) is 0 Å². The van der Waals surface area contributed by atoms with Crippen LogP contribution in [0, 0.1) is 13.8 Å². The number of hydrogen-bond donors (Lipinski definition) is 1. The van der Waals surface area contributed by atoms with Crippen LogP contribution in [0.25, 0.3) is 4.96 Å². The van der Waals surface area contributed by atoms with Crippen molar-refractivity contribution in [2.45, 2.75) is 33.2 Å². The Morgan fingerprint density at radius 1 is 1.40 bits per heavy atom. The number of nitrogens with one attached hydrogen (secondary N) is 1. The quantitative estimate of drug-likeness (QED) is 0.933. The van der Waals surface area contributed by atoms with Crippen LogP contribution in [0.15, 0.2) is 5.38 Å². The summed E-state index contributed by atoms with van der Waals surface area (Å²) >= 11 is 1.66. The first kappa shape index (κ1) is 13.6. The number of aryl methyl sites for hydroxylation is 2. The van der Waals surface area contributed by atoms with Gasteiger partial charge in [0.15, 0.2) is 4.96 Å². The SMILES string of the molecule is Cc1nc2scc(C)n2c1CNCC(=O)N1CCCC1. The van der Waals surface area contributed by atoms with Crippen LogP contribution in [0.2, 0.25) is 0 Å². The van der Waals surface area contributed by atoms with Crippen LogP contribution in [-0.2, 0) is 11.3 Å². The Morgan fingerprint density at radius 2 is 2.15 bits per heavy atom. The second-order valence-corrected chi connectivity index (χ2v) is 6.17. The summed E-state index contributed by atoms with van der Waals surface area (Å²) in [4.78, 5) is 19.5. The normalized spacial score (nSPS) is 15.4. The number of fused-ring (bicyclic) bond motifs is 1. The molecule has 0 radical (unpaired) electrons. The number of nitrogens with zero attached hydrogens (tertiary/aromatic N) is 3. The van der Waals surface area contributed by atoms with Gasteiger partial charge in [-0.25, -0.2) is 4.98 Å². The molecule has 0 saturated carbocycles. The number of carbonyl (C=O) groups excluding carboxylic acids is 1. The van der Waals surface area contributed by atoms with Crippen molar-refractivity contribution in [3.05, 3.63) is 22.5 Å². The third-order valence-electron chi connectivity index (χ3n) is 3.86. The average molecular weight is 292 g/mol. The molecule has 5 nitrogen and oxygen atoms in total. The lowest BCUT2D eigenvalue weighted by Gasteiger charge is -2.15. The number of imidazole rings is 1. The number of thiazole rings is 1. The van der Waals surface area contributed by atoms with Crippen LogP contribution < -0.4 is 5.32 Å². The molecule has 2 aromatic heterocycles. The minimum Gasteiger partial charge on any atom is -0.342 e. The van der Waals surface area contributed by atoms with E-state index >= 15 is 0 Å². The average Bonchev–Trinajstić information content (AvgIpc) is 3.11. The Morgan fingerprint density at radius 3 is 2.90 bits per heavy atom. The van der Waals surface area contributed by atoms with Crippen molar-refractivity contribution in [2.24, 2.45) is 0 Å². The summed E-state index contributed by atoms with van der Waals surface area (Å²) in [6.45, 7) is 7.04. The van der Waals surface area contributed by atoms with Gasteiger partial charge in [-0.15, -0.1) is 11.3 Å². The van der Waals surface area contributed by atoms with E-state index in [9.17, 15) is 4.79 Å². The first-order valence-electron chi connectivity index (χ1n) is 7.07. The molecule has 1 fully saturated rings. The molecule has 0 aliphatic carbocycles. The van der Waals surface area contributed by atoms with E-state index in [4.69, 9.17) is 0 Å². The van der Waals surface area contributed by atoms with Gasteiger partial charge in [0.25, 0.3) is 0 Å².